The van der Waals surface area contributed by atoms with Gasteiger partial charge in [0.2, 0.25) is 0 Å². The summed E-state index contributed by atoms with van der Waals surface area (Å²) in [5.74, 6) is -0.224. The first-order chi connectivity index (χ1) is 8.22. The van der Waals surface area contributed by atoms with Crippen molar-refractivity contribution in [1.29, 1.82) is 0 Å². The Balaban J connectivity index is 2.43. The Kier molecular flexibility index (Phi) is 3.05. The van der Waals surface area contributed by atoms with Gasteiger partial charge in [0, 0.05) is 18.0 Å². The monoisotopic (exact) mass is 229 g/mol. The number of carboxylic acid groups (broad SMARTS) is 1. The van der Waals surface area contributed by atoms with Crippen molar-refractivity contribution in [2.45, 2.75) is 0 Å². The SMILES string of the molecule is COc1ccncc1-c1ccc(C(=O)O)cc1. The first kappa shape index (κ1) is 11.1. The number of aromatic carboxylic acids is 1. The minimum absolute atomic E-state index is 0.261. The minimum Gasteiger partial charge on any atom is -0.496 e. The van der Waals surface area contributed by atoms with E-state index in [9.17, 15) is 4.79 Å². The first-order valence-electron chi connectivity index (χ1n) is 5.04. The maximum atomic E-state index is 10.7. The summed E-state index contributed by atoms with van der Waals surface area (Å²) in [5.41, 5.74) is 1.98. The summed E-state index contributed by atoms with van der Waals surface area (Å²) in [6.45, 7) is 0. The van der Waals surface area contributed by atoms with E-state index in [4.69, 9.17) is 9.84 Å². The second-order valence-electron chi connectivity index (χ2n) is 3.46. The molecule has 2 rings (SSSR count). The molecule has 0 unspecified atom stereocenters. The molecule has 0 saturated carbocycles. The third-order valence-electron chi connectivity index (χ3n) is 2.44. The summed E-state index contributed by atoms with van der Waals surface area (Å²) in [4.78, 5) is 14.8. The molecule has 1 N–H and O–H groups in total. The predicted octanol–water partition coefficient (Wildman–Crippen LogP) is 2.46. The van der Waals surface area contributed by atoms with Gasteiger partial charge in [0.05, 0.1) is 12.7 Å². The summed E-state index contributed by atoms with van der Waals surface area (Å²) < 4.78 is 5.22. The molecule has 2 aromatic rings. The molecule has 1 aromatic carbocycles. The average Bonchev–Trinajstić information content (AvgIpc) is 2.39. The Morgan fingerprint density at radius 1 is 1.24 bits per heavy atom. The number of carboxylic acids is 1. The number of ether oxygens (including phenoxy) is 1. The molecule has 0 radical (unpaired) electrons. The molecule has 86 valence electrons. The van der Waals surface area contributed by atoms with Crippen LogP contribution in [0.2, 0.25) is 0 Å². The van der Waals surface area contributed by atoms with Crippen LogP contribution >= 0.6 is 0 Å². The molecule has 0 fully saturated rings. The van der Waals surface area contributed by atoms with E-state index in [1.54, 1.807) is 49.8 Å². The van der Waals surface area contributed by atoms with E-state index in [-0.39, 0.29) is 5.56 Å². The lowest BCUT2D eigenvalue weighted by atomic mass is 10.0. The zero-order chi connectivity index (χ0) is 12.3. The van der Waals surface area contributed by atoms with Crippen LogP contribution in [0.5, 0.6) is 5.75 Å². The Morgan fingerprint density at radius 3 is 2.53 bits per heavy atom. The number of rotatable bonds is 3. The zero-order valence-corrected chi connectivity index (χ0v) is 9.25. The summed E-state index contributed by atoms with van der Waals surface area (Å²) in [7, 11) is 1.59. The molecule has 0 amide bonds. The van der Waals surface area contributed by atoms with E-state index >= 15 is 0 Å². The van der Waals surface area contributed by atoms with Gasteiger partial charge in [0.15, 0.2) is 0 Å². The molecule has 0 atom stereocenters. The maximum absolute atomic E-state index is 10.7. The number of methoxy groups -OCH3 is 1. The number of nitrogens with zero attached hydrogens (tertiary/aromatic N) is 1. The highest BCUT2D eigenvalue weighted by Crippen LogP contribution is 2.28. The van der Waals surface area contributed by atoms with Crippen molar-refractivity contribution < 1.29 is 14.6 Å². The molecule has 0 aliphatic carbocycles. The number of pyridine rings is 1. The van der Waals surface area contributed by atoms with E-state index in [1.165, 1.54) is 0 Å². The van der Waals surface area contributed by atoms with Gasteiger partial charge in [-0.3, -0.25) is 4.98 Å². The molecule has 0 saturated heterocycles. The Labute approximate surface area is 98.5 Å². The average molecular weight is 229 g/mol. The third-order valence-corrected chi connectivity index (χ3v) is 2.44. The highest BCUT2D eigenvalue weighted by atomic mass is 16.5. The number of aromatic nitrogens is 1. The number of hydrogen-bond donors (Lipinski definition) is 1. The lowest BCUT2D eigenvalue weighted by molar-refractivity contribution is 0.0697. The zero-order valence-electron chi connectivity index (χ0n) is 9.25. The summed E-state index contributed by atoms with van der Waals surface area (Å²) in [5, 5.41) is 8.81. The van der Waals surface area contributed by atoms with Gasteiger partial charge in [-0.05, 0) is 23.8 Å². The van der Waals surface area contributed by atoms with Gasteiger partial charge >= 0.3 is 5.97 Å². The summed E-state index contributed by atoms with van der Waals surface area (Å²) >= 11 is 0. The molecule has 0 bridgehead atoms. The van der Waals surface area contributed by atoms with Crippen molar-refractivity contribution in [2.24, 2.45) is 0 Å². The highest BCUT2D eigenvalue weighted by molar-refractivity contribution is 5.88. The second kappa shape index (κ2) is 4.65. The van der Waals surface area contributed by atoms with Gasteiger partial charge in [-0.2, -0.15) is 0 Å². The highest BCUT2D eigenvalue weighted by Gasteiger charge is 2.07. The molecule has 1 aromatic heterocycles. The van der Waals surface area contributed by atoms with Crippen molar-refractivity contribution in [2.75, 3.05) is 7.11 Å². The van der Waals surface area contributed by atoms with Crippen LogP contribution < -0.4 is 4.74 Å². The van der Waals surface area contributed by atoms with Crippen LogP contribution in [-0.2, 0) is 0 Å². The molecule has 0 spiro atoms. The van der Waals surface area contributed by atoms with E-state index in [0.29, 0.717) is 5.75 Å². The van der Waals surface area contributed by atoms with Gasteiger partial charge < -0.3 is 9.84 Å². The molecule has 17 heavy (non-hydrogen) atoms. The van der Waals surface area contributed by atoms with Crippen LogP contribution in [-0.4, -0.2) is 23.2 Å². The van der Waals surface area contributed by atoms with Crippen LogP contribution in [0.3, 0.4) is 0 Å². The standard InChI is InChI=1S/C13H11NO3/c1-17-12-6-7-14-8-11(12)9-2-4-10(5-3-9)13(15)16/h2-8H,1H3,(H,15,16). The molecule has 4 nitrogen and oxygen atoms in total. The Bertz CT molecular complexity index is 535. The van der Waals surface area contributed by atoms with E-state index in [2.05, 4.69) is 4.98 Å². The molecular weight excluding hydrogens is 218 g/mol. The van der Waals surface area contributed by atoms with Crippen LogP contribution in [0.15, 0.2) is 42.7 Å². The van der Waals surface area contributed by atoms with Crippen LogP contribution in [0, 0.1) is 0 Å². The topological polar surface area (TPSA) is 59.4 Å². The number of hydrogen-bond acceptors (Lipinski definition) is 3. The van der Waals surface area contributed by atoms with Gasteiger partial charge in [-0.25, -0.2) is 4.79 Å². The normalized spacial score (nSPS) is 9.94. The summed E-state index contributed by atoms with van der Waals surface area (Å²) in [6, 6.07) is 8.36. The quantitative estimate of drug-likeness (QED) is 0.878. The van der Waals surface area contributed by atoms with Gasteiger partial charge in [-0.1, -0.05) is 12.1 Å². The fraction of sp³-hybridized carbons (Fsp3) is 0.0769. The van der Waals surface area contributed by atoms with Crippen LogP contribution in [0.1, 0.15) is 10.4 Å². The van der Waals surface area contributed by atoms with E-state index in [1.807, 2.05) is 0 Å². The smallest absolute Gasteiger partial charge is 0.335 e. The van der Waals surface area contributed by atoms with Gasteiger partial charge in [-0.15, -0.1) is 0 Å². The maximum Gasteiger partial charge on any atom is 0.335 e. The van der Waals surface area contributed by atoms with Crippen molar-refractivity contribution in [3.63, 3.8) is 0 Å². The number of benzene rings is 1. The van der Waals surface area contributed by atoms with Gasteiger partial charge in [0.1, 0.15) is 5.75 Å². The predicted molar refractivity (Wildman–Crippen MR) is 63.2 cm³/mol. The van der Waals surface area contributed by atoms with E-state index in [0.717, 1.165) is 11.1 Å². The molecule has 4 heteroatoms. The largest absolute Gasteiger partial charge is 0.496 e. The fourth-order valence-electron chi connectivity index (χ4n) is 1.57. The Morgan fingerprint density at radius 2 is 1.94 bits per heavy atom. The number of carbonyl (C=O) groups is 1. The van der Waals surface area contributed by atoms with Crippen molar-refractivity contribution in [3.8, 4) is 16.9 Å². The van der Waals surface area contributed by atoms with Crippen LogP contribution in [0.4, 0.5) is 0 Å². The Hall–Kier alpha value is -2.36. The molecule has 1 heterocycles. The molecule has 0 aliphatic heterocycles. The molecular formula is C13H11NO3. The van der Waals surface area contributed by atoms with Crippen LogP contribution in [0.25, 0.3) is 11.1 Å². The third kappa shape index (κ3) is 2.25. The van der Waals surface area contributed by atoms with Crippen molar-refractivity contribution >= 4 is 5.97 Å². The lowest BCUT2D eigenvalue weighted by Gasteiger charge is -2.07. The van der Waals surface area contributed by atoms with E-state index < -0.39 is 5.97 Å². The van der Waals surface area contributed by atoms with Gasteiger partial charge in [0.25, 0.3) is 0 Å². The molecule has 0 aliphatic rings. The second-order valence-corrected chi connectivity index (χ2v) is 3.46. The minimum atomic E-state index is -0.935. The lowest BCUT2D eigenvalue weighted by Crippen LogP contribution is -1.95. The van der Waals surface area contributed by atoms with Crippen molar-refractivity contribution in [3.05, 3.63) is 48.3 Å². The summed E-state index contributed by atoms with van der Waals surface area (Å²) in [6.07, 6.45) is 3.34. The first-order valence-corrected chi connectivity index (χ1v) is 5.04. The van der Waals surface area contributed by atoms with Crippen molar-refractivity contribution in [1.82, 2.24) is 4.98 Å². The fourth-order valence-corrected chi connectivity index (χ4v) is 1.57.